The Balaban J connectivity index is 1.25. The van der Waals surface area contributed by atoms with Gasteiger partial charge in [0.25, 0.3) is 0 Å². The van der Waals surface area contributed by atoms with Crippen molar-refractivity contribution in [3.63, 3.8) is 0 Å². The van der Waals surface area contributed by atoms with Crippen molar-refractivity contribution in [3.05, 3.63) is 0 Å². The fourth-order valence-electron chi connectivity index (χ4n) is 5.35. The van der Waals surface area contributed by atoms with E-state index >= 15 is 0 Å². The first-order valence-corrected chi connectivity index (χ1v) is 10.0. The van der Waals surface area contributed by atoms with Crippen molar-refractivity contribution in [2.45, 2.75) is 44.9 Å². The lowest BCUT2D eigenvalue weighted by atomic mass is 9.89. The van der Waals surface area contributed by atoms with Crippen LogP contribution in [0.1, 0.15) is 44.9 Å². The predicted molar refractivity (Wildman–Crippen MR) is 92.2 cm³/mol. The van der Waals surface area contributed by atoms with Crippen LogP contribution in [0.15, 0.2) is 0 Å². The zero-order valence-corrected chi connectivity index (χ0v) is 14.6. The van der Waals surface area contributed by atoms with Crippen molar-refractivity contribution in [1.82, 2.24) is 14.7 Å². The van der Waals surface area contributed by atoms with Crippen molar-refractivity contribution >= 4 is 5.91 Å². The summed E-state index contributed by atoms with van der Waals surface area (Å²) in [7, 11) is 0. The molecule has 3 saturated heterocycles. The molecule has 0 bridgehead atoms. The quantitative estimate of drug-likeness (QED) is 0.793. The smallest absolute Gasteiger partial charge is 0.225 e. The van der Waals surface area contributed by atoms with Crippen LogP contribution in [-0.4, -0.2) is 73.0 Å². The zero-order valence-electron chi connectivity index (χ0n) is 14.6. The minimum Gasteiger partial charge on any atom is -0.342 e. The highest BCUT2D eigenvalue weighted by Crippen LogP contribution is 2.34. The lowest BCUT2D eigenvalue weighted by Crippen LogP contribution is -2.43. The second-order valence-electron chi connectivity index (χ2n) is 8.38. The number of carbonyl (C=O) groups is 1. The minimum absolute atomic E-state index is 0.362. The van der Waals surface area contributed by atoms with Crippen LogP contribution in [0.2, 0.25) is 0 Å². The van der Waals surface area contributed by atoms with Gasteiger partial charge in [-0.2, -0.15) is 0 Å². The van der Waals surface area contributed by atoms with E-state index in [0.29, 0.717) is 11.8 Å². The summed E-state index contributed by atoms with van der Waals surface area (Å²) in [5.41, 5.74) is 0. The standard InChI is InChI=1S/C19H33N3O/c23-19(16-5-1-2-6-16)22-14-17-7-10-21(13-18(17)15-22)12-11-20-8-3-4-9-20/h16-18H,1-15H2/t17-,18+/m0/s1. The Labute approximate surface area is 141 Å². The maximum absolute atomic E-state index is 12.7. The fraction of sp³-hybridized carbons (Fsp3) is 0.947. The Kier molecular flexibility index (Phi) is 4.91. The van der Waals surface area contributed by atoms with Gasteiger partial charge in [0.2, 0.25) is 5.91 Å². The highest BCUT2D eigenvalue weighted by molar-refractivity contribution is 5.79. The van der Waals surface area contributed by atoms with Gasteiger partial charge in [0.05, 0.1) is 0 Å². The Bertz CT molecular complexity index is 415. The van der Waals surface area contributed by atoms with Crippen LogP contribution in [0, 0.1) is 17.8 Å². The van der Waals surface area contributed by atoms with E-state index in [0.717, 1.165) is 37.8 Å². The monoisotopic (exact) mass is 319 g/mol. The van der Waals surface area contributed by atoms with Crippen LogP contribution < -0.4 is 0 Å². The summed E-state index contributed by atoms with van der Waals surface area (Å²) in [6.45, 7) is 9.68. The number of rotatable bonds is 4. The third-order valence-corrected chi connectivity index (χ3v) is 6.83. The molecule has 1 saturated carbocycles. The molecule has 4 nitrogen and oxygen atoms in total. The molecule has 0 N–H and O–H groups in total. The number of hydrogen-bond acceptors (Lipinski definition) is 3. The highest BCUT2D eigenvalue weighted by Gasteiger charge is 2.40. The number of piperidine rings is 1. The summed E-state index contributed by atoms with van der Waals surface area (Å²) in [5, 5.41) is 0. The van der Waals surface area contributed by atoms with Crippen molar-refractivity contribution in [1.29, 1.82) is 0 Å². The zero-order chi connectivity index (χ0) is 15.6. The normalized spacial score (nSPS) is 33.5. The molecule has 0 aromatic carbocycles. The first kappa shape index (κ1) is 15.9. The average molecular weight is 319 g/mol. The number of hydrogen-bond donors (Lipinski definition) is 0. The average Bonchev–Trinajstić information content (AvgIpc) is 3.32. The second kappa shape index (κ2) is 7.10. The molecule has 4 rings (SSSR count). The molecule has 4 fully saturated rings. The molecule has 3 heterocycles. The van der Waals surface area contributed by atoms with Gasteiger partial charge < -0.3 is 14.7 Å². The SMILES string of the molecule is O=C(C1CCCC1)N1C[C@H]2CN(CCN3CCCC3)CC[C@H]2C1. The van der Waals surface area contributed by atoms with E-state index in [2.05, 4.69) is 14.7 Å². The lowest BCUT2D eigenvalue weighted by Gasteiger charge is -2.35. The van der Waals surface area contributed by atoms with Gasteiger partial charge in [-0.25, -0.2) is 0 Å². The third-order valence-electron chi connectivity index (χ3n) is 6.83. The molecule has 4 aliphatic rings. The Morgan fingerprint density at radius 2 is 1.43 bits per heavy atom. The Morgan fingerprint density at radius 1 is 0.739 bits per heavy atom. The van der Waals surface area contributed by atoms with Gasteiger partial charge in [0, 0.05) is 38.6 Å². The molecule has 23 heavy (non-hydrogen) atoms. The van der Waals surface area contributed by atoms with Gasteiger partial charge in [-0.05, 0) is 63.6 Å². The maximum atomic E-state index is 12.7. The number of carbonyl (C=O) groups excluding carboxylic acids is 1. The molecular weight excluding hydrogens is 286 g/mol. The maximum Gasteiger partial charge on any atom is 0.225 e. The van der Waals surface area contributed by atoms with Gasteiger partial charge in [-0.1, -0.05) is 12.8 Å². The van der Waals surface area contributed by atoms with E-state index in [1.165, 1.54) is 71.4 Å². The number of nitrogens with zero attached hydrogens (tertiary/aromatic N) is 3. The third kappa shape index (κ3) is 3.58. The Hall–Kier alpha value is -0.610. The van der Waals surface area contributed by atoms with Crippen LogP contribution >= 0.6 is 0 Å². The van der Waals surface area contributed by atoms with Crippen molar-refractivity contribution < 1.29 is 4.79 Å². The van der Waals surface area contributed by atoms with E-state index in [1.807, 2.05) is 0 Å². The number of fused-ring (bicyclic) bond motifs is 1. The molecule has 1 aliphatic carbocycles. The van der Waals surface area contributed by atoms with Crippen LogP contribution in [-0.2, 0) is 4.79 Å². The molecular formula is C19H33N3O. The number of amides is 1. The molecule has 0 spiro atoms. The summed E-state index contributed by atoms with van der Waals surface area (Å²) in [4.78, 5) is 20.2. The summed E-state index contributed by atoms with van der Waals surface area (Å²) in [6.07, 6.45) is 8.91. The van der Waals surface area contributed by atoms with Crippen molar-refractivity contribution in [2.75, 3.05) is 52.4 Å². The van der Waals surface area contributed by atoms with Crippen LogP contribution in [0.4, 0.5) is 0 Å². The van der Waals surface area contributed by atoms with E-state index in [9.17, 15) is 4.79 Å². The fourth-order valence-corrected chi connectivity index (χ4v) is 5.35. The first-order valence-electron chi connectivity index (χ1n) is 10.0. The molecule has 130 valence electrons. The molecule has 0 aromatic rings. The molecule has 0 unspecified atom stereocenters. The van der Waals surface area contributed by atoms with Gasteiger partial charge >= 0.3 is 0 Å². The number of likely N-dealkylation sites (tertiary alicyclic amines) is 3. The van der Waals surface area contributed by atoms with E-state index in [1.54, 1.807) is 0 Å². The summed E-state index contributed by atoms with van der Waals surface area (Å²) in [5.74, 6) is 2.37. The van der Waals surface area contributed by atoms with Gasteiger partial charge in [0.15, 0.2) is 0 Å². The van der Waals surface area contributed by atoms with Gasteiger partial charge in [0.1, 0.15) is 0 Å². The summed E-state index contributed by atoms with van der Waals surface area (Å²) in [6, 6.07) is 0. The second-order valence-corrected chi connectivity index (χ2v) is 8.38. The predicted octanol–water partition coefficient (Wildman–Crippen LogP) is 2.05. The van der Waals surface area contributed by atoms with Gasteiger partial charge in [-0.15, -0.1) is 0 Å². The molecule has 2 atom stereocenters. The molecule has 3 aliphatic heterocycles. The van der Waals surface area contributed by atoms with Gasteiger partial charge in [-0.3, -0.25) is 4.79 Å². The highest BCUT2D eigenvalue weighted by atomic mass is 16.2. The van der Waals surface area contributed by atoms with Crippen LogP contribution in [0.25, 0.3) is 0 Å². The molecule has 0 radical (unpaired) electrons. The van der Waals surface area contributed by atoms with E-state index in [4.69, 9.17) is 0 Å². The van der Waals surface area contributed by atoms with Crippen molar-refractivity contribution in [2.24, 2.45) is 17.8 Å². The van der Waals surface area contributed by atoms with Crippen LogP contribution in [0.3, 0.4) is 0 Å². The van der Waals surface area contributed by atoms with Crippen molar-refractivity contribution in [3.8, 4) is 0 Å². The Morgan fingerprint density at radius 3 is 2.22 bits per heavy atom. The summed E-state index contributed by atoms with van der Waals surface area (Å²) < 4.78 is 0. The summed E-state index contributed by atoms with van der Waals surface area (Å²) >= 11 is 0. The minimum atomic E-state index is 0.362. The molecule has 1 amide bonds. The molecule has 0 aromatic heterocycles. The van der Waals surface area contributed by atoms with Crippen LogP contribution in [0.5, 0.6) is 0 Å². The van der Waals surface area contributed by atoms with E-state index < -0.39 is 0 Å². The van der Waals surface area contributed by atoms with E-state index in [-0.39, 0.29) is 0 Å². The lowest BCUT2D eigenvalue weighted by molar-refractivity contribution is -0.134. The first-order chi connectivity index (χ1) is 11.3. The molecule has 4 heteroatoms. The topological polar surface area (TPSA) is 26.8 Å². The largest absolute Gasteiger partial charge is 0.342 e.